The Bertz CT molecular complexity index is 335. The number of imidazole rings is 1. The van der Waals surface area contributed by atoms with Crippen LogP contribution in [-0.2, 0) is 11.3 Å². The molecule has 2 heterocycles. The van der Waals surface area contributed by atoms with E-state index in [0.29, 0.717) is 12.1 Å². The van der Waals surface area contributed by atoms with Gasteiger partial charge >= 0.3 is 0 Å². The van der Waals surface area contributed by atoms with Gasteiger partial charge < -0.3 is 9.30 Å². The second-order valence-corrected chi connectivity index (χ2v) is 4.71. The summed E-state index contributed by atoms with van der Waals surface area (Å²) in [4.78, 5) is 6.70. The molecular formula is C12H21N3O. The fourth-order valence-corrected chi connectivity index (χ4v) is 2.14. The third-order valence-corrected chi connectivity index (χ3v) is 3.22. The van der Waals surface area contributed by atoms with Gasteiger partial charge in [0.15, 0.2) is 0 Å². The van der Waals surface area contributed by atoms with Crippen molar-refractivity contribution in [2.75, 3.05) is 19.7 Å². The van der Waals surface area contributed by atoms with Gasteiger partial charge in [-0.1, -0.05) is 0 Å². The van der Waals surface area contributed by atoms with Crippen LogP contribution in [0.25, 0.3) is 0 Å². The van der Waals surface area contributed by atoms with Crippen LogP contribution in [-0.4, -0.2) is 46.3 Å². The molecule has 16 heavy (non-hydrogen) atoms. The zero-order chi connectivity index (χ0) is 11.5. The summed E-state index contributed by atoms with van der Waals surface area (Å²) >= 11 is 0. The van der Waals surface area contributed by atoms with Crippen LogP contribution in [0.2, 0.25) is 0 Å². The molecule has 4 nitrogen and oxygen atoms in total. The maximum absolute atomic E-state index is 5.80. The maximum atomic E-state index is 5.80. The summed E-state index contributed by atoms with van der Waals surface area (Å²) in [5, 5.41) is 0. The predicted octanol–water partition coefficient (Wildman–Crippen LogP) is 1.30. The van der Waals surface area contributed by atoms with Crippen LogP contribution in [0, 0.1) is 6.92 Å². The zero-order valence-corrected chi connectivity index (χ0v) is 10.4. The van der Waals surface area contributed by atoms with Gasteiger partial charge in [-0.2, -0.15) is 0 Å². The molecule has 0 bridgehead atoms. The molecule has 1 saturated heterocycles. The van der Waals surface area contributed by atoms with Crippen molar-refractivity contribution in [3.63, 3.8) is 0 Å². The Balaban J connectivity index is 1.93. The van der Waals surface area contributed by atoms with Crippen molar-refractivity contribution in [1.29, 1.82) is 0 Å². The first-order chi connectivity index (χ1) is 7.66. The molecule has 0 aromatic carbocycles. The topological polar surface area (TPSA) is 30.3 Å². The third kappa shape index (κ3) is 2.62. The number of ether oxygens (including phenoxy) is 1. The Morgan fingerprint density at radius 1 is 1.56 bits per heavy atom. The summed E-state index contributed by atoms with van der Waals surface area (Å²) in [6.07, 6.45) is 4.16. The van der Waals surface area contributed by atoms with Crippen LogP contribution in [0.4, 0.5) is 0 Å². The van der Waals surface area contributed by atoms with E-state index in [0.717, 1.165) is 32.1 Å². The number of rotatable bonds is 3. The van der Waals surface area contributed by atoms with E-state index in [1.165, 1.54) is 0 Å². The largest absolute Gasteiger partial charge is 0.374 e. The first-order valence-electron chi connectivity index (χ1n) is 6.00. The smallest absolute Gasteiger partial charge is 0.105 e. The van der Waals surface area contributed by atoms with Crippen LogP contribution in [0.15, 0.2) is 12.4 Å². The van der Waals surface area contributed by atoms with Crippen LogP contribution in [0.5, 0.6) is 0 Å². The maximum Gasteiger partial charge on any atom is 0.105 e. The molecule has 1 aromatic heterocycles. The van der Waals surface area contributed by atoms with Gasteiger partial charge in [0.1, 0.15) is 5.82 Å². The van der Waals surface area contributed by atoms with Crippen LogP contribution in [0.3, 0.4) is 0 Å². The molecule has 0 spiro atoms. The average molecular weight is 223 g/mol. The summed E-state index contributed by atoms with van der Waals surface area (Å²) in [5.74, 6) is 1.06. The summed E-state index contributed by atoms with van der Waals surface area (Å²) in [6.45, 7) is 10.3. The van der Waals surface area contributed by atoms with Crippen LogP contribution < -0.4 is 0 Å². The number of aryl methyl sites for hydroxylation is 1. The van der Waals surface area contributed by atoms with Gasteiger partial charge in [0.25, 0.3) is 0 Å². The van der Waals surface area contributed by atoms with E-state index in [2.05, 4.69) is 28.3 Å². The van der Waals surface area contributed by atoms with Crippen molar-refractivity contribution in [1.82, 2.24) is 14.5 Å². The number of aromatic nitrogens is 2. The molecule has 1 aliphatic rings. The van der Waals surface area contributed by atoms with Gasteiger partial charge in [0.2, 0.25) is 0 Å². The lowest BCUT2D eigenvalue weighted by atomic mass is 10.2. The molecule has 90 valence electrons. The highest BCUT2D eigenvalue weighted by molar-refractivity contribution is 4.90. The lowest BCUT2D eigenvalue weighted by Gasteiger charge is -2.35. The van der Waals surface area contributed by atoms with Crippen LogP contribution in [0.1, 0.15) is 19.7 Å². The van der Waals surface area contributed by atoms with Crippen LogP contribution >= 0.6 is 0 Å². The molecule has 0 amide bonds. The van der Waals surface area contributed by atoms with Crippen molar-refractivity contribution in [2.45, 2.75) is 39.5 Å². The number of hydrogen-bond acceptors (Lipinski definition) is 3. The normalized spacial score (nSPS) is 22.9. The van der Waals surface area contributed by atoms with Gasteiger partial charge in [0.05, 0.1) is 19.3 Å². The molecule has 1 aromatic rings. The Kier molecular flexibility index (Phi) is 3.61. The first-order valence-corrected chi connectivity index (χ1v) is 6.00. The van der Waals surface area contributed by atoms with Crippen molar-refractivity contribution in [3.05, 3.63) is 18.2 Å². The minimum Gasteiger partial charge on any atom is -0.374 e. The summed E-state index contributed by atoms with van der Waals surface area (Å²) in [7, 11) is 0. The monoisotopic (exact) mass is 223 g/mol. The van der Waals surface area contributed by atoms with E-state index in [4.69, 9.17) is 4.74 Å². The molecular weight excluding hydrogens is 202 g/mol. The average Bonchev–Trinajstić information content (AvgIpc) is 2.65. The number of hydrogen-bond donors (Lipinski definition) is 0. The van der Waals surface area contributed by atoms with E-state index in [1.54, 1.807) is 0 Å². The molecule has 0 aliphatic carbocycles. The van der Waals surface area contributed by atoms with E-state index in [1.807, 2.05) is 19.3 Å². The molecule has 1 fully saturated rings. The van der Waals surface area contributed by atoms with Crippen molar-refractivity contribution in [3.8, 4) is 0 Å². The molecule has 4 heteroatoms. The Morgan fingerprint density at radius 2 is 2.38 bits per heavy atom. The van der Waals surface area contributed by atoms with Crippen molar-refractivity contribution < 1.29 is 4.74 Å². The minimum atomic E-state index is 0.295. The van der Waals surface area contributed by atoms with E-state index in [9.17, 15) is 0 Å². The first kappa shape index (κ1) is 11.6. The fraction of sp³-hybridized carbons (Fsp3) is 0.750. The molecule has 0 radical (unpaired) electrons. The molecule has 1 aliphatic heterocycles. The minimum absolute atomic E-state index is 0.295. The summed E-state index contributed by atoms with van der Waals surface area (Å²) in [6, 6.07) is 0.607. The van der Waals surface area contributed by atoms with E-state index in [-0.39, 0.29) is 0 Å². The highest BCUT2D eigenvalue weighted by atomic mass is 16.5. The highest BCUT2D eigenvalue weighted by Crippen LogP contribution is 2.11. The molecule has 1 unspecified atom stereocenters. The van der Waals surface area contributed by atoms with E-state index >= 15 is 0 Å². The third-order valence-electron chi connectivity index (χ3n) is 3.22. The molecule has 0 N–H and O–H groups in total. The predicted molar refractivity (Wildman–Crippen MR) is 63.4 cm³/mol. The standard InChI is InChI=1S/C12H21N3O/c1-10(2)14-6-7-16-12(8-14)9-15-5-4-13-11(15)3/h4-5,10,12H,6-9H2,1-3H3. The number of nitrogens with zero attached hydrogens (tertiary/aromatic N) is 3. The highest BCUT2D eigenvalue weighted by Gasteiger charge is 2.22. The van der Waals surface area contributed by atoms with Gasteiger partial charge in [-0.25, -0.2) is 4.98 Å². The lowest BCUT2D eigenvalue weighted by molar-refractivity contribution is -0.0458. The van der Waals surface area contributed by atoms with E-state index < -0.39 is 0 Å². The number of morpholine rings is 1. The fourth-order valence-electron chi connectivity index (χ4n) is 2.14. The lowest BCUT2D eigenvalue weighted by Crippen LogP contribution is -2.47. The summed E-state index contributed by atoms with van der Waals surface area (Å²) < 4.78 is 7.96. The van der Waals surface area contributed by atoms with Gasteiger partial charge in [0, 0.05) is 31.5 Å². The van der Waals surface area contributed by atoms with Crippen molar-refractivity contribution in [2.24, 2.45) is 0 Å². The zero-order valence-electron chi connectivity index (χ0n) is 10.4. The van der Waals surface area contributed by atoms with Gasteiger partial charge in [-0.3, -0.25) is 4.90 Å². The quantitative estimate of drug-likeness (QED) is 0.774. The molecule has 2 rings (SSSR count). The Morgan fingerprint density at radius 3 is 3.00 bits per heavy atom. The van der Waals surface area contributed by atoms with Gasteiger partial charge in [-0.15, -0.1) is 0 Å². The summed E-state index contributed by atoms with van der Waals surface area (Å²) in [5.41, 5.74) is 0. The van der Waals surface area contributed by atoms with Gasteiger partial charge in [-0.05, 0) is 20.8 Å². The second-order valence-electron chi connectivity index (χ2n) is 4.71. The Hall–Kier alpha value is -0.870. The molecule has 0 saturated carbocycles. The second kappa shape index (κ2) is 4.97. The SMILES string of the molecule is Cc1nccn1CC1CN(C(C)C)CCO1. The molecule has 1 atom stereocenters. The Labute approximate surface area is 97.2 Å². The van der Waals surface area contributed by atoms with Crippen molar-refractivity contribution >= 4 is 0 Å².